The Bertz CT molecular complexity index is 972. The van der Waals surface area contributed by atoms with Crippen molar-refractivity contribution >= 4 is 27.5 Å². The van der Waals surface area contributed by atoms with E-state index in [-0.39, 0.29) is 0 Å². The van der Waals surface area contributed by atoms with Gasteiger partial charge in [-0.3, -0.25) is 0 Å². The van der Waals surface area contributed by atoms with Crippen molar-refractivity contribution in [2.45, 2.75) is 25.4 Å². The van der Waals surface area contributed by atoms with Gasteiger partial charge in [-0.25, -0.2) is 0 Å². The van der Waals surface area contributed by atoms with Crippen molar-refractivity contribution in [3.05, 3.63) is 60.2 Å². The van der Waals surface area contributed by atoms with Crippen LogP contribution in [0.5, 0.6) is 0 Å². The summed E-state index contributed by atoms with van der Waals surface area (Å²) < 4.78 is 48.4. The van der Waals surface area contributed by atoms with Crippen molar-refractivity contribution in [2.24, 2.45) is 0 Å². The Morgan fingerprint density at radius 1 is 1.03 bits per heavy atom. The number of aliphatic carboxylic acids is 1. The Balaban J connectivity index is 0.000000423. The molecular formula is C22H25F3N2O2. The molecule has 0 unspecified atom stereocenters. The third-order valence-corrected chi connectivity index (χ3v) is 4.27. The number of hydrogen-bond acceptors (Lipinski definition) is 3. The van der Waals surface area contributed by atoms with E-state index in [2.05, 4.69) is 41.4 Å². The zero-order valence-corrected chi connectivity index (χ0v) is 15.9. The van der Waals surface area contributed by atoms with Crippen LogP contribution >= 0.6 is 0 Å². The van der Waals surface area contributed by atoms with Crippen LogP contribution in [-0.2, 0) is 11.2 Å². The normalized spacial score (nSPS) is 12.8. The largest absolute Gasteiger partial charge is 0.542 e. The first kappa shape index (κ1) is 19.7. The van der Waals surface area contributed by atoms with Crippen LogP contribution in [0, 0.1) is 0 Å². The molecule has 0 atom stereocenters. The highest BCUT2D eigenvalue weighted by Gasteiger charge is 2.28. The molecule has 156 valence electrons. The number of carbonyl (C=O) groups is 1. The molecule has 0 aliphatic carbocycles. The van der Waals surface area contributed by atoms with Crippen molar-refractivity contribution < 1.29 is 31.5 Å². The number of benzene rings is 3. The standard InChI is InChI=1S/C20H24N2.C2HF3O2/c21-12-6-14-22-13-5-11-20-18-9-3-1-7-16(18)15-17-8-2-4-10-19(17)20;3-2(4,5)1(6)7/h1-4,7-10,15,22H,5-6,11-14,21H2;(H,6,7)/i5D2;. The summed E-state index contributed by atoms with van der Waals surface area (Å²) in [5, 5.41) is 16.7. The maximum absolute atomic E-state index is 10.5. The minimum absolute atomic E-state index is 0.366. The molecule has 0 saturated heterocycles. The molecule has 0 aliphatic rings. The van der Waals surface area contributed by atoms with Crippen LogP contribution in [0.2, 0.25) is 0 Å². The average molecular weight is 408 g/mol. The van der Waals surface area contributed by atoms with Crippen molar-refractivity contribution in [3.8, 4) is 0 Å². The molecule has 0 radical (unpaired) electrons. The molecule has 4 N–H and O–H groups in total. The number of nitrogens with one attached hydrogen (secondary N) is 1. The van der Waals surface area contributed by atoms with Gasteiger partial charge < -0.3 is 21.0 Å². The minimum atomic E-state index is -5.19. The van der Waals surface area contributed by atoms with Gasteiger partial charge in [-0.15, -0.1) is 0 Å². The van der Waals surface area contributed by atoms with E-state index < -0.39 is 18.5 Å². The third-order valence-electron chi connectivity index (χ3n) is 4.27. The number of carboxylic acids is 1. The van der Waals surface area contributed by atoms with Gasteiger partial charge in [-0.2, -0.15) is 13.2 Å². The molecule has 3 rings (SSSR count). The van der Waals surface area contributed by atoms with Gasteiger partial charge in [0.25, 0.3) is 0 Å². The molecule has 0 amide bonds. The SMILES string of the molecule is O=C([O-])C(F)(F)F.[2H]C([2H])(CNCCC[NH3+])Cc1c2ccccc2cc2ccccc12. The lowest BCUT2D eigenvalue weighted by Crippen LogP contribution is -2.51. The van der Waals surface area contributed by atoms with Crippen LogP contribution in [-0.4, -0.2) is 31.8 Å². The number of fused-ring (bicyclic) bond motifs is 2. The highest BCUT2D eigenvalue weighted by molar-refractivity contribution is 6.02. The molecule has 29 heavy (non-hydrogen) atoms. The van der Waals surface area contributed by atoms with E-state index in [1.54, 1.807) is 0 Å². The highest BCUT2D eigenvalue weighted by atomic mass is 19.4. The molecular weight excluding hydrogens is 381 g/mol. The topological polar surface area (TPSA) is 79.8 Å². The fraction of sp³-hybridized carbons (Fsp3) is 0.318. The second-order valence-electron chi connectivity index (χ2n) is 6.39. The van der Waals surface area contributed by atoms with Gasteiger partial charge in [0.15, 0.2) is 0 Å². The molecule has 3 aromatic rings. The number of alkyl halides is 3. The van der Waals surface area contributed by atoms with E-state index in [0.29, 0.717) is 13.0 Å². The number of hydrogen-bond donors (Lipinski definition) is 2. The summed E-state index contributed by atoms with van der Waals surface area (Å²) in [5.74, 6) is -3.01. The summed E-state index contributed by atoms with van der Waals surface area (Å²) in [6, 6.07) is 18.7. The molecule has 0 aromatic heterocycles. The number of carboxylic acid groups (broad SMARTS) is 1. The van der Waals surface area contributed by atoms with E-state index in [1.165, 1.54) is 10.8 Å². The van der Waals surface area contributed by atoms with Crippen molar-refractivity contribution in [2.75, 3.05) is 19.6 Å². The van der Waals surface area contributed by atoms with Crippen LogP contribution < -0.4 is 16.2 Å². The first-order valence-electron chi connectivity index (χ1n) is 10.2. The molecule has 0 spiro atoms. The number of quaternary nitrogens is 1. The summed E-state index contributed by atoms with van der Waals surface area (Å²) in [4.78, 5) is 8.78. The Kier molecular flexibility index (Phi) is 7.31. The molecule has 0 aliphatic heterocycles. The molecule has 0 bridgehead atoms. The van der Waals surface area contributed by atoms with Crippen LogP contribution in [0.3, 0.4) is 0 Å². The number of aryl methyl sites for hydroxylation is 1. The molecule has 7 heteroatoms. The van der Waals surface area contributed by atoms with E-state index in [0.717, 1.165) is 35.8 Å². The van der Waals surface area contributed by atoms with E-state index in [4.69, 9.17) is 12.6 Å². The smallest absolute Gasteiger partial charge is 0.430 e. The first-order valence-corrected chi connectivity index (χ1v) is 9.23. The lowest BCUT2D eigenvalue weighted by Gasteiger charge is -2.12. The summed E-state index contributed by atoms with van der Waals surface area (Å²) in [5.41, 5.74) is 4.93. The predicted octanol–water partition coefficient (Wildman–Crippen LogP) is 2.45. The quantitative estimate of drug-likeness (QED) is 0.466. The molecule has 3 aromatic carbocycles. The fourth-order valence-electron chi connectivity index (χ4n) is 2.91. The fourth-order valence-corrected chi connectivity index (χ4v) is 2.91. The van der Waals surface area contributed by atoms with Crippen LogP contribution in [0.1, 0.15) is 21.1 Å². The average Bonchev–Trinajstić information content (AvgIpc) is 2.71. The van der Waals surface area contributed by atoms with Gasteiger partial charge in [0, 0.05) is 15.7 Å². The lowest BCUT2D eigenvalue weighted by molar-refractivity contribution is -0.367. The van der Waals surface area contributed by atoms with Gasteiger partial charge in [-0.05, 0) is 52.5 Å². The van der Waals surface area contributed by atoms with Crippen molar-refractivity contribution in [3.63, 3.8) is 0 Å². The molecule has 0 fully saturated rings. The molecule has 0 heterocycles. The molecule has 0 saturated carbocycles. The second kappa shape index (κ2) is 10.8. The van der Waals surface area contributed by atoms with Crippen LogP contribution in [0.15, 0.2) is 54.6 Å². The zero-order valence-electron chi connectivity index (χ0n) is 17.9. The van der Waals surface area contributed by atoms with Crippen LogP contribution in [0.25, 0.3) is 21.5 Å². The second-order valence-corrected chi connectivity index (χ2v) is 6.39. The van der Waals surface area contributed by atoms with E-state index >= 15 is 0 Å². The maximum atomic E-state index is 10.5. The summed E-state index contributed by atoms with van der Waals surface area (Å²) in [6.07, 6.45) is -5.09. The summed E-state index contributed by atoms with van der Waals surface area (Å²) in [7, 11) is 0. The molecule has 4 nitrogen and oxygen atoms in total. The van der Waals surface area contributed by atoms with Crippen molar-refractivity contribution in [1.29, 1.82) is 0 Å². The predicted molar refractivity (Wildman–Crippen MR) is 106 cm³/mol. The Morgan fingerprint density at radius 2 is 1.55 bits per heavy atom. The summed E-state index contributed by atoms with van der Waals surface area (Å²) >= 11 is 0. The van der Waals surface area contributed by atoms with Gasteiger partial charge in [0.05, 0.1) is 6.54 Å². The number of rotatable bonds is 7. The summed E-state index contributed by atoms with van der Waals surface area (Å²) in [6.45, 7) is 2.06. The van der Waals surface area contributed by atoms with Gasteiger partial charge in [-0.1, -0.05) is 48.5 Å². The van der Waals surface area contributed by atoms with Crippen LogP contribution in [0.4, 0.5) is 13.2 Å². The van der Waals surface area contributed by atoms with Crippen molar-refractivity contribution in [1.82, 2.24) is 5.32 Å². The zero-order chi connectivity index (χ0) is 23.1. The monoisotopic (exact) mass is 408 g/mol. The van der Waals surface area contributed by atoms with Gasteiger partial charge in [0.1, 0.15) is 5.97 Å². The Labute approximate surface area is 170 Å². The van der Waals surface area contributed by atoms with Gasteiger partial charge >= 0.3 is 6.18 Å². The first-order chi connectivity index (χ1) is 14.5. The van der Waals surface area contributed by atoms with Gasteiger partial charge in [0.2, 0.25) is 0 Å². The van der Waals surface area contributed by atoms with E-state index in [9.17, 15) is 13.2 Å². The Hall–Kier alpha value is -2.64. The Morgan fingerprint density at radius 3 is 2.03 bits per heavy atom. The lowest BCUT2D eigenvalue weighted by atomic mass is 9.94. The highest BCUT2D eigenvalue weighted by Crippen LogP contribution is 2.29. The maximum Gasteiger partial charge on any atom is 0.430 e. The number of carbonyl (C=O) groups excluding carboxylic acids is 1. The number of halogens is 3. The minimum Gasteiger partial charge on any atom is -0.542 e. The van der Waals surface area contributed by atoms with E-state index in [1.807, 2.05) is 24.3 Å². The third kappa shape index (κ3) is 6.73.